The first-order valence-electron chi connectivity index (χ1n) is 11.0. The second kappa shape index (κ2) is 14.3. The number of sulfonamides is 1. The minimum absolute atomic E-state index is 0. The summed E-state index contributed by atoms with van der Waals surface area (Å²) in [5.41, 5.74) is 1.25. The fourth-order valence-electron chi connectivity index (χ4n) is 3.44. The van der Waals surface area contributed by atoms with Gasteiger partial charge in [0.1, 0.15) is 6.04 Å². The summed E-state index contributed by atoms with van der Waals surface area (Å²) in [5, 5.41) is 12.0. The number of benzene rings is 2. The van der Waals surface area contributed by atoms with Crippen LogP contribution in [0.3, 0.4) is 0 Å². The van der Waals surface area contributed by atoms with Gasteiger partial charge in [-0.2, -0.15) is 11.8 Å². The van der Waals surface area contributed by atoms with Crippen molar-refractivity contribution in [3.63, 3.8) is 0 Å². The molecule has 0 saturated carbocycles. The molecule has 3 N–H and O–H groups in total. The first-order valence-corrected chi connectivity index (χ1v) is 13.9. The fraction of sp³-hybridized carbons (Fsp3) is 0.292. The van der Waals surface area contributed by atoms with E-state index >= 15 is 0 Å². The van der Waals surface area contributed by atoms with Gasteiger partial charge < -0.3 is 16.4 Å². The number of aromatic nitrogens is 2. The Balaban J connectivity index is 0.00000342. The van der Waals surface area contributed by atoms with Gasteiger partial charge in [-0.05, 0) is 54.2 Å². The Morgan fingerprint density at radius 2 is 1.94 bits per heavy atom. The molecule has 0 aliphatic heterocycles. The van der Waals surface area contributed by atoms with E-state index in [1.807, 2.05) is 16.9 Å². The molecule has 0 bridgehead atoms. The molecule has 188 valence electrons. The number of carboxylic acids is 1. The van der Waals surface area contributed by atoms with Crippen molar-refractivity contribution in [1.29, 1.82) is 0 Å². The molecule has 0 aliphatic rings. The first-order chi connectivity index (χ1) is 16.8. The van der Waals surface area contributed by atoms with Gasteiger partial charge in [-0.1, -0.05) is 30.3 Å². The third-order valence-electron chi connectivity index (χ3n) is 5.29. The third-order valence-corrected chi connectivity index (χ3v) is 7.39. The Morgan fingerprint density at radius 1 is 1.19 bits per heavy atom. The summed E-state index contributed by atoms with van der Waals surface area (Å²) >= 11 is 1.49. The van der Waals surface area contributed by atoms with Gasteiger partial charge in [-0.3, -0.25) is 4.79 Å². The molecule has 36 heavy (non-hydrogen) atoms. The maximum Gasteiger partial charge on any atom is 1.00 e. The number of thioether (sulfide) groups is 1. The van der Waals surface area contributed by atoms with Gasteiger partial charge in [-0.15, -0.1) is 0 Å². The Labute approximate surface area is 228 Å². The van der Waals surface area contributed by atoms with Gasteiger partial charge in [0.05, 0.1) is 11.2 Å². The third kappa shape index (κ3) is 8.25. The van der Waals surface area contributed by atoms with Crippen molar-refractivity contribution in [3.05, 3.63) is 72.8 Å². The predicted molar refractivity (Wildman–Crippen MR) is 137 cm³/mol. The number of amides is 1. The van der Waals surface area contributed by atoms with Crippen LogP contribution in [0.5, 0.6) is 0 Å². The number of hydrogen-bond donors (Lipinski definition) is 3. The number of imidazole rings is 1. The van der Waals surface area contributed by atoms with E-state index in [2.05, 4.69) is 15.0 Å². The minimum atomic E-state index is -3.83. The predicted octanol–water partition coefficient (Wildman–Crippen LogP) is -0.0287. The quantitative estimate of drug-likeness (QED) is 0.212. The molecule has 0 aliphatic carbocycles. The summed E-state index contributed by atoms with van der Waals surface area (Å²) < 4.78 is 30.3. The van der Waals surface area contributed by atoms with Crippen LogP contribution in [0.2, 0.25) is 0 Å². The van der Waals surface area contributed by atoms with Gasteiger partial charge in [0.25, 0.3) is 5.91 Å². The molecule has 0 radical (unpaired) electrons. The normalized spacial score (nSPS) is 11.9. The average molecular weight is 525 g/mol. The largest absolute Gasteiger partial charge is 1.00 e. The van der Waals surface area contributed by atoms with Gasteiger partial charge in [0.2, 0.25) is 10.0 Å². The molecule has 3 aromatic rings. The molecule has 1 heterocycles. The number of carbonyl (C=O) groups is 2. The van der Waals surface area contributed by atoms with Crippen LogP contribution in [0, 0.1) is 0 Å². The van der Waals surface area contributed by atoms with Gasteiger partial charge in [0.15, 0.2) is 0 Å². The first kappa shape index (κ1) is 29.7. The van der Waals surface area contributed by atoms with Crippen molar-refractivity contribution in [2.75, 3.05) is 18.6 Å². The van der Waals surface area contributed by atoms with Crippen LogP contribution >= 0.6 is 11.8 Å². The fourth-order valence-corrected chi connectivity index (χ4v) is 5.02. The van der Waals surface area contributed by atoms with Crippen molar-refractivity contribution in [2.24, 2.45) is 0 Å². The number of hydrogen-bond acceptors (Lipinski definition) is 6. The second-order valence-electron chi connectivity index (χ2n) is 7.77. The number of aryl methyl sites for hydroxylation is 1. The molecule has 1 amide bonds. The molecule has 1 atom stereocenters. The molecular formula is C24H29LiN4O5S2. The number of nitrogens with zero attached hydrogens (tertiary/aromatic N) is 2. The number of carboxylic acid groups (broad SMARTS) is 1. The van der Waals surface area contributed by atoms with E-state index in [0.29, 0.717) is 29.8 Å². The zero-order chi connectivity index (χ0) is 25.3. The number of aliphatic carboxylic acids is 1. The van der Waals surface area contributed by atoms with Crippen molar-refractivity contribution >= 4 is 33.7 Å². The van der Waals surface area contributed by atoms with Crippen LogP contribution < -0.4 is 28.9 Å². The summed E-state index contributed by atoms with van der Waals surface area (Å²) in [6.07, 6.45) is 7.85. The van der Waals surface area contributed by atoms with Crippen LogP contribution in [0.4, 0.5) is 0 Å². The van der Waals surface area contributed by atoms with Crippen LogP contribution in [-0.4, -0.2) is 59.5 Å². The molecule has 0 spiro atoms. The van der Waals surface area contributed by atoms with Gasteiger partial charge >= 0.3 is 24.8 Å². The summed E-state index contributed by atoms with van der Waals surface area (Å²) in [5.74, 6) is -1.12. The van der Waals surface area contributed by atoms with E-state index < -0.39 is 27.9 Å². The maximum atomic E-state index is 13.0. The molecule has 3 rings (SSSR count). The topological polar surface area (TPSA) is 130 Å². The van der Waals surface area contributed by atoms with Gasteiger partial charge in [-0.25, -0.2) is 22.9 Å². The van der Waals surface area contributed by atoms with Gasteiger partial charge in [0, 0.05) is 31.0 Å². The van der Waals surface area contributed by atoms with Crippen molar-refractivity contribution in [3.8, 4) is 11.1 Å². The molecule has 12 heteroatoms. The van der Waals surface area contributed by atoms with E-state index in [4.69, 9.17) is 0 Å². The number of nitrogens with one attached hydrogen (secondary N) is 2. The zero-order valence-electron chi connectivity index (χ0n) is 21.3. The molecule has 0 saturated heterocycles. The summed E-state index contributed by atoms with van der Waals surface area (Å²) in [4.78, 5) is 28.6. The van der Waals surface area contributed by atoms with Crippen LogP contribution in [0.15, 0.2) is 72.1 Å². The van der Waals surface area contributed by atoms with Crippen LogP contribution in [0.1, 0.15) is 24.6 Å². The van der Waals surface area contributed by atoms with E-state index in [9.17, 15) is 23.1 Å². The number of rotatable bonds is 13. The van der Waals surface area contributed by atoms with Crippen molar-refractivity contribution in [2.45, 2.75) is 30.3 Å². The zero-order valence-corrected chi connectivity index (χ0v) is 21.9. The molecule has 0 fully saturated rings. The average Bonchev–Trinajstić information content (AvgIpc) is 3.38. The van der Waals surface area contributed by atoms with Crippen LogP contribution in [0.25, 0.3) is 11.1 Å². The second-order valence-corrected chi connectivity index (χ2v) is 10.5. The number of carbonyl (C=O) groups excluding carboxylic acids is 1. The summed E-state index contributed by atoms with van der Waals surface area (Å²) in [6, 6.07) is 12.1. The summed E-state index contributed by atoms with van der Waals surface area (Å²) in [7, 11) is -3.83. The summed E-state index contributed by atoms with van der Waals surface area (Å²) in [6.45, 7) is 0.858. The Morgan fingerprint density at radius 3 is 2.58 bits per heavy atom. The van der Waals surface area contributed by atoms with E-state index in [1.165, 1.54) is 30.0 Å². The molecule has 1 unspecified atom stereocenters. The Hall–Kier alpha value is -2.55. The molecular weight excluding hydrogens is 495 g/mol. The van der Waals surface area contributed by atoms with E-state index in [-0.39, 0.29) is 43.7 Å². The van der Waals surface area contributed by atoms with E-state index in [1.54, 1.807) is 43.0 Å². The Bertz CT molecular complexity index is 1250. The molecule has 9 nitrogen and oxygen atoms in total. The Kier molecular flexibility index (Phi) is 11.7. The van der Waals surface area contributed by atoms with E-state index in [0.717, 1.165) is 0 Å². The van der Waals surface area contributed by atoms with Crippen molar-refractivity contribution < 1.29 is 43.4 Å². The monoisotopic (exact) mass is 524 g/mol. The molecule has 1 aromatic heterocycles. The molecule has 2 aromatic carbocycles. The minimum Gasteiger partial charge on any atom is -1.00 e. The smallest absolute Gasteiger partial charge is 1.00 e. The standard InChI is InChI=1S/C24H28N4O5S2.Li.H/c1-34-15-10-22(24(30)31)27-23(29)20-9-8-19(16-21(20)18-6-3-2-4-7-18)35(32,33)26-11-5-13-28-14-12-25-17-28;;/h2-4,6-9,12,14,16-17,22,26H,5,10-11,13,15H2,1H3,(H,27,29)(H,30,31);;/q;+1;-1. The van der Waals surface area contributed by atoms with Crippen LogP contribution in [-0.2, 0) is 21.4 Å². The maximum absolute atomic E-state index is 13.0. The van der Waals surface area contributed by atoms with Crippen molar-refractivity contribution in [1.82, 2.24) is 19.6 Å². The SMILES string of the molecule is CSCCC(NC(=O)c1ccc(S(=O)(=O)NCCCn2ccnc2)cc1-c1ccccc1)C(=O)O.[H-].[Li+].